The van der Waals surface area contributed by atoms with Crippen molar-refractivity contribution in [1.82, 2.24) is 0 Å². The first-order chi connectivity index (χ1) is 8.69. The molecule has 0 saturated carbocycles. The van der Waals surface area contributed by atoms with Crippen molar-refractivity contribution in [2.75, 3.05) is 0 Å². The van der Waals surface area contributed by atoms with E-state index in [1.807, 2.05) is 30.3 Å². The van der Waals surface area contributed by atoms with E-state index in [4.69, 9.17) is 5.11 Å². The van der Waals surface area contributed by atoms with Crippen molar-refractivity contribution in [3.05, 3.63) is 64.2 Å². The van der Waals surface area contributed by atoms with Crippen molar-refractivity contribution in [1.29, 1.82) is 0 Å². The summed E-state index contributed by atoms with van der Waals surface area (Å²) in [5, 5.41) is 19.6. The molecule has 0 spiro atoms. The molecule has 1 N–H and O–H groups in total. The fourth-order valence-electron chi connectivity index (χ4n) is 1.46. The van der Waals surface area contributed by atoms with Gasteiger partial charge in [-0.3, -0.25) is 10.1 Å². The smallest absolute Gasteiger partial charge is 0.270 e. The second-order valence-electron chi connectivity index (χ2n) is 3.66. The van der Waals surface area contributed by atoms with Crippen LogP contribution in [0.25, 0.3) is 0 Å². The van der Waals surface area contributed by atoms with Crippen molar-refractivity contribution < 1.29 is 10.0 Å². The number of non-ortho nitro benzene ring substituents is 1. The van der Waals surface area contributed by atoms with Crippen LogP contribution < -0.4 is 0 Å². The Hall–Kier alpha value is -1.85. The van der Waals surface area contributed by atoms with Crippen molar-refractivity contribution in [3.8, 4) is 0 Å². The maximum Gasteiger partial charge on any atom is 0.270 e. The zero-order valence-corrected chi connectivity index (χ0v) is 10.3. The second kappa shape index (κ2) is 5.66. The lowest BCUT2D eigenvalue weighted by Crippen LogP contribution is -1.87. The number of aliphatic hydroxyl groups is 1. The monoisotopic (exact) mass is 261 g/mol. The lowest BCUT2D eigenvalue weighted by atomic mass is 10.2. The number of benzene rings is 2. The van der Waals surface area contributed by atoms with Crippen LogP contribution in [0.1, 0.15) is 5.56 Å². The van der Waals surface area contributed by atoms with Gasteiger partial charge in [0.25, 0.3) is 5.69 Å². The summed E-state index contributed by atoms with van der Waals surface area (Å²) in [5.41, 5.74) is 0.936. The van der Waals surface area contributed by atoms with E-state index in [-0.39, 0.29) is 12.3 Å². The summed E-state index contributed by atoms with van der Waals surface area (Å²) in [6.07, 6.45) is 0. The zero-order chi connectivity index (χ0) is 13.0. The molecular formula is C13H11NO3S. The van der Waals surface area contributed by atoms with Crippen LogP contribution in [0.5, 0.6) is 0 Å². The highest BCUT2D eigenvalue weighted by atomic mass is 32.2. The molecule has 4 nitrogen and oxygen atoms in total. The molecule has 0 bridgehead atoms. The first-order valence-electron chi connectivity index (χ1n) is 5.31. The maximum absolute atomic E-state index is 10.7. The molecular weight excluding hydrogens is 250 g/mol. The Bertz CT molecular complexity index is 554. The zero-order valence-electron chi connectivity index (χ0n) is 9.45. The van der Waals surface area contributed by atoms with Crippen LogP contribution in [-0.4, -0.2) is 10.0 Å². The van der Waals surface area contributed by atoms with Gasteiger partial charge in [0.05, 0.1) is 11.5 Å². The number of hydrogen-bond acceptors (Lipinski definition) is 4. The molecule has 5 heteroatoms. The molecule has 0 aliphatic carbocycles. The predicted molar refractivity (Wildman–Crippen MR) is 69.6 cm³/mol. The molecule has 0 aliphatic heterocycles. The van der Waals surface area contributed by atoms with Crippen LogP contribution >= 0.6 is 11.8 Å². The molecule has 2 rings (SSSR count). The second-order valence-corrected chi connectivity index (χ2v) is 4.81. The number of nitro groups is 1. The van der Waals surface area contributed by atoms with Gasteiger partial charge in [-0.05, 0) is 23.8 Å². The molecule has 0 amide bonds. The Morgan fingerprint density at radius 2 is 1.83 bits per heavy atom. The Morgan fingerprint density at radius 1 is 1.11 bits per heavy atom. The molecule has 0 radical (unpaired) electrons. The largest absolute Gasteiger partial charge is 0.392 e. The molecule has 0 unspecified atom stereocenters. The molecule has 0 fully saturated rings. The van der Waals surface area contributed by atoms with E-state index in [1.165, 1.54) is 17.8 Å². The van der Waals surface area contributed by atoms with Gasteiger partial charge in [-0.1, -0.05) is 30.0 Å². The van der Waals surface area contributed by atoms with E-state index >= 15 is 0 Å². The van der Waals surface area contributed by atoms with Gasteiger partial charge in [-0.15, -0.1) is 0 Å². The third-order valence-corrected chi connectivity index (χ3v) is 3.37. The third-order valence-electron chi connectivity index (χ3n) is 2.37. The van der Waals surface area contributed by atoms with Crippen LogP contribution in [0, 0.1) is 10.1 Å². The van der Waals surface area contributed by atoms with Crippen molar-refractivity contribution in [2.45, 2.75) is 16.4 Å². The average Bonchev–Trinajstić information content (AvgIpc) is 2.40. The first kappa shape index (κ1) is 12.6. The predicted octanol–water partition coefficient (Wildman–Crippen LogP) is 3.24. The fourth-order valence-corrected chi connectivity index (χ4v) is 2.33. The molecule has 0 heterocycles. The summed E-state index contributed by atoms with van der Waals surface area (Å²) in [4.78, 5) is 12.1. The van der Waals surface area contributed by atoms with E-state index in [0.717, 1.165) is 15.4 Å². The van der Waals surface area contributed by atoms with Gasteiger partial charge in [0.2, 0.25) is 0 Å². The van der Waals surface area contributed by atoms with Gasteiger partial charge in [0.1, 0.15) is 0 Å². The van der Waals surface area contributed by atoms with Gasteiger partial charge in [-0.25, -0.2) is 0 Å². The topological polar surface area (TPSA) is 63.4 Å². The highest BCUT2D eigenvalue weighted by molar-refractivity contribution is 7.99. The number of nitro benzene ring substituents is 1. The summed E-state index contributed by atoms with van der Waals surface area (Å²) < 4.78 is 0. The van der Waals surface area contributed by atoms with E-state index in [2.05, 4.69) is 0 Å². The van der Waals surface area contributed by atoms with Crippen LogP contribution in [0.15, 0.2) is 58.3 Å². The SMILES string of the molecule is O=[N+]([O-])c1cccc(Sc2ccc(CO)cc2)c1. The summed E-state index contributed by atoms with van der Waals surface area (Å²) in [5.74, 6) is 0. The fraction of sp³-hybridized carbons (Fsp3) is 0.0769. The van der Waals surface area contributed by atoms with Gasteiger partial charge < -0.3 is 5.11 Å². The summed E-state index contributed by atoms with van der Waals surface area (Å²) in [6, 6.07) is 14.0. The van der Waals surface area contributed by atoms with E-state index < -0.39 is 4.92 Å². The quantitative estimate of drug-likeness (QED) is 0.678. The lowest BCUT2D eigenvalue weighted by Gasteiger charge is -2.02. The van der Waals surface area contributed by atoms with Crippen LogP contribution in [0.4, 0.5) is 5.69 Å². The lowest BCUT2D eigenvalue weighted by molar-refractivity contribution is -0.385. The molecule has 92 valence electrons. The minimum absolute atomic E-state index is 0.0156. The number of hydrogen-bond donors (Lipinski definition) is 1. The van der Waals surface area contributed by atoms with Crippen LogP contribution in [-0.2, 0) is 6.61 Å². The van der Waals surface area contributed by atoms with E-state index in [1.54, 1.807) is 12.1 Å². The molecule has 0 aliphatic rings. The molecule has 2 aromatic carbocycles. The minimum atomic E-state index is -0.404. The normalized spacial score (nSPS) is 10.3. The number of nitrogens with zero attached hydrogens (tertiary/aromatic N) is 1. The minimum Gasteiger partial charge on any atom is -0.392 e. The van der Waals surface area contributed by atoms with Crippen LogP contribution in [0.2, 0.25) is 0 Å². The van der Waals surface area contributed by atoms with E-state index in [9.17, 15) is 10.1 Å². The van der Waals surface area contributed by atoms with Crippen molar-refractivity contribution >= 4 is 17.4 Å². The molecule has 18 heavy (non-hydrogen) atoms. The highest BCUT2D eigenvalue weighted by Crippen LogP contribution is 2.29. The maximum atomic E-state index is 10.7. The number of rotatable bonds is 4. The molecule has 0 aromatic heterocycles. The number of aliphatic hydroxyl groups excluding tert-OH is 1. The third kappa shape index (κ3) is 3.09. The van der Waals surface area contributed by atoms with Crippen molar-refractivity contribution in [3.63, 3.8) is 0 Å². The van der Waals surface area contributed by atoms with Gasteiger partial charge in [0, 0.05) is 21.9 Å². The Labute approximate surface area is 108 Å². The van der Waals surface area contributed by atoms with Crippen LogP contribution in [0.3, 0.4) is 0 Å². The standard InChI is InChI=1S/C13H11NO3S/c15-9-10-4-6-12(7-5-10)18-13-3-1-2-11(8-13)14(16)17/h1-8,15H,9H2. The van der Waals surface area contributed by atoms with Crippen molar-refractivity contribution in [2.24, 2.45) is 0 Å². The molecule has 0 saturated heterocycles. The van der Waals surface area contributed by atoms with E-state index in [0.29, 0.717) is 0 Å². The van der Waals surface area contributed by atoms with Gasteiger partial charge in [-0.2, -0.15) is 0 Å². The Morgan fingerprint density at radius 3 is 2.44 bits per heavy atom. The highest BCUT2D eigenvalue weighted by Gasteiger charge is 2.06. The summed E-state index contributed by atoms with van der Waals surface area (Å²) >= 11 is 1.45. The Kier molecular flexibility index (Phi) is 3.96. The molecule has 2 aromatic rings. The summed E-state index contributed by atoms with van der Waals surface area (Å²) in [6.45, 7) is 0.0156. The molecule has 0 atom stereocenters. The van der Waals surface area contributed by atoms with Gasteiger partial charge >= 0.3 is 0 Å². The average molecular weight is 261 g/mol. The summed E-state index contributed by atoms with van der Waals surface area (Å²) in [7, 11) is 0. The first-order valence-corrected chi connectivity index (χ1v) is 6.13. The Balaban J connectivity index is 2.17. The van der Waals surface area contributed by atoms with Gasteiger partial charge in [0.15, 0.2) is 0 Å².